The van der Waals surface area contributed by atoms with Crippen molar-refractivity contribution in [2.45, 2.75) is 43.9 Å². The molecule has 178 valence electrons. The van der Waals surface area contributed by atoms with Crippen LogP contribution >= 0.6 is 11.6 Å². The Morgan fingerprint density at radius 1 is 1.18 bits per heavy atom. The minimum atomic E-state index is -0.788. The van der Waals surface area contributed by atoms with Crippen molar-refractivity contribution < 1.29 is 13.9 Å². The standard InChI is InChI=1S/C26H28ClFN4O2/c1-33-24-19-9-12-31(22-8-3-6-17-5-2-7-20(27)23(17)22)15-21(19)29-25(30-24)34-16-26-10-4-11-32(26)14-18(28)13-26/h2-3,5-8,18H,4,9-16H2,1H3. The number of hydrogen-bond acceptors (Lipinski definition) is 6. The van der Waals surface area contributed by atoms with Gasteiger partial charge in [-0.1, -0.05) is 35.9 Å². The van der Waals surface area contributed by atoms with E-state index in [-0.39, 0.29) is 5.54 Å². The second kappa shape index (κ2) is 8.54. The Morgan fingerprint density at radius 3 is 2.88 bits per heavy atom. The first-order chi connectivity index (χ1) is 16.6. The van der Waals surface area contributed by atoms with E-state index in [9.17, 15) is 4.39 Å². The Bertz CT molecular complexity index is 1240. The van der Waals surface area contributed by atoms with Gasteiger partial charge in [0.05, 0.1) is 29.9 Å². The van der Waals surface area contributed by atoms with Crippen LogP contribution in [0.2, 0.25) is 5.02 Å². The first kappa shape index (κ1) is 21.9. The van der Waals surface area contributed by atoms with Crippen molar-refractivity contribution >= 4 is 28.1 Å². The Kier molecular flexibility index (Phi) is 5.49. The lowest BCUT2D eigenvalue weighted by Gasteiger charge is -2.32. The number of fused-ring (bicyclic) bond motifs is 3. The van der Waals surface area contributed by atoms with Crippen molar-refractivity contribution in [3.8, 4) is 11.9 Å². The molecule has 0 aliphatic carbocycles. The van der Waals surface area contributed by atoms with Crippen LogP contribution in [-0.4, -0.2) is 59.9 Å². The van der Waals surface area contributed by atoms with Gasteiger partial charge in [-0.25, -0.2) is 4.39 Å². The number of anilines is 1. The van der Waals surface area contributed by atoms with Crippen LogP contribution in [-0.2, 0) is 13.0 Å². The lowest BCUT2D eigenvalue weighted by Crippen LogP contribution is -2.43. The zero-order chi connectivity index (χ0) is 23.3. The Morgan fingerprint density at radius 2 is 2.03 bits per heavy atom. The van der Waals surface area contributed by atoms with Gasteiger partial charge in [0.2, 0.25) is 5.88 Å². The molecular formula is C26H28ClFN4O2. The zero-order valence-corrected chi connectivity index (χ0v) is 20.0. The van der Waals surface area contributed by atoms with Crippen LogP contribution in [0.1, 0.15) is 30.5 Å². The number of methoxy groups -OCH3 is 1. The van der Waals surface area contributed by atoms with Crippen molar-refractivity contribution in [2.24, 2.45) is 0 Å². The number of hydrogen-bond donors (Lipinski definition) is 0. The van der Waals surface area contributed by atoms with Gasteiger partial charge in [0.1, 0.15) is 12.8 Å². The molecule has 2 saturated heterocycles. The molecule has 0 amide bonds. The molecule has 2 aromatic carbocycles. The van der Waals surface area contributed by atoms with Gasteiger partial charge in [-0.15, -0.1) is 0 Å². The van der Waals surface area contributed by atoms with Crippen molar-refractivity contribution in [3.05, 3.63) is 52.7 Å². The maximum atomic E-state index is 14.1. The number of aromatic nitrogens is 2. The SMILES string of the molecule is COc1nc(OCC23CCCN2CC(F)C3)nc2c1CCN(c1cccc3cccc(Cl)c13)C2. The molecule has 0 bridgehead atoms. The van der Waals surface area contributed by atoms with Crippen molar-refractivity contribution in [1.29, 1.82) is 0 Å². The van der Waals surface area contributed by atoms with Crippen LogP contribution in [0.25, 0.3) is 10.8 Å². The molecule has 6 rings (SSSR count). The first-order valence-electron chi connectivity index (χ1n) is 11.9. The molecular weight excluding hydrogens is 455 g/mol. The van der Waals surface area contributed by atoms with Crippen molar-refractivity contribution in [1.82, 2.24) is 14.9 Å². The second-order valence-corrected chi connectivity index (χ2v) is 10.00. The summed E-state index contributed by atoms with van der Waals surface area (Å²) in [5.41, 5.74) is 2.77. The topological polar surface area (TPSA) is 50.7 Å². The Balaban J connectivity index is 1.29. The predicted molar refractivity (Wildman–Crippen MR) is 131 cm³/mol. The molecule has 0 N–H and O–H groups in total. The number of alkyl halides is 1. The molecule has 3 aliphatic rings. The van der Waals surface area contributed by atoms with Gasteiger partial charge in [0.15, 0.2) is 0 Å². The third kappa shape index (κ3) is 3.66. The van der Waals surface area contributed by atoms with Crippen LogP contribution in [0.5, 0.6) is 11.9 Å². The average molecular weight is 483 g/mol. The van der Waals surface area contributed by atoms with Gasteiger partial charge in [0, 0.05) is 36.1 Å². The summed E-state index contributed by atoms with van der Waals surface area (Å²) in [4.78, 5) is 13.9. The van der Waals surface area contributed by atoms with E-state index in [1.807, 2.05) is 12.1 Å². The van der Waals surface area contributed by atoms with Gasteiger partial charge in [0.25, 0.3) is 0 Å². The molecule has 0 saturated carbocycles. The molecule has 4 heterocycles. The summed E-state index contributed by atoms with van der Waals surface area (Å²) in [6, 6.07) is 12.5. The molecule has 2 fully saturated rings. The summed E-state index contributed by atoms with van der Waals surface area (Å²) in [5, 5.41) is 2.91. The number of benzene rings is 2. The fraction of sp³-hybridized carbons (Fsp3) is 0.462. The minimum absolute atomic E-state index is 0.238. The molecule has 2 unspecified atom stereocenters. The van der Waals surface area contributed by atoms with E-state index in [1.165, 1.54) is 0 Å². The van der Waals surface area contributed by atoms with Crippen LogP contribution in [0.4, 0.5) is 10.1 Å². The van der Waals surface area contributed by atoms with Crippen LogP contribution in [0.15, 0.2) is 36.4 Å². The van der Waals surface area contributed by atoms with Gasteiger partial charge in [-0.3, -0.25) is 4.90 Å². The van der Waals surface area contributed by atoms with Crippen LogP contribution in [0.3, 0.4) is 0 Å². The van der Waals surface area contributed by atoms with E-state index in [0.717, 1.165) is 65.1 Å². The highest BCUT2D eigenvalue weighted by molar-refractivity contribution is 6.36. The number of rotatable bonds is 5. The smallest absolute Gasteiger partial charge is 0.320 e. The fourth-order valence-electron chi connectivity index (χ4n) is 6.00. The maximum absolute atomic E-state index is 14.1. The minimum Gasteiger partial charge on any atom is -0.481 e. The predicted octanol–water partition coefficient (Wildman–Crippen LogP) is 4.81. The van der Waals surface area contributed by atoms with Gasteiger partial charge < -0.3 is 14.4 Å². The molecule has 8 heteroatoms. The highest BCUT2D eigenvalue weighted by Crippen LogP contribution is 2.41. The summed E-state index contributed by atoms with van der Waals surface area (Å²) in [6.07, 6.45) is 2.52. The molecule has 0 spiro atoms. The Hall–Kier alpha value is -2.64. The van der Waals surface area contributed by atoms with E-state index < -0.39 is 6.17 Å². The molecule has 3 aromatic rings. The molecule has 2 atom stereocenters. The second-order valence-electron chi connectivity index (χ2n) is 9.59. The third-order valence-electron chi connectivity index (χ3n) is 7.60. The number of halogens is 2. The molecule has 1 aromatic heterocycles. The third-order valence-corrected chi connectivity index (χ3v) is 7.92. The van der Waals surface area contributed by atoms with E-state index in [1.54, 1.807) is 7.11 Å². The van der Waals surface area contributed by atoms with Gasteiger partial charge in [-0.2, -0.15) is 9.97 Å². The van der Waals surface area contributed by atoms with Gasteiger partial charge in [-0.05, 0) is 43.3 Å². The quantitative estimate of drug-likeness (QED) is 0.520. The van der Waals surface area contributed by atoms with Crippen molar-refractivity contribution in [3.63, 3.8) is 0 Å². The lowest BCUT2D eigenvalue weighted by molar-refractivity contribution is 0.106. The first-order valence-corrected chi connectivity index (χ1v) is 12.3. The largest absolute Gasteiger partial charge is 0.481 e. The molecule has 0 radical (unpaired) electrons. The lowest BCUT2D eigenvalue weighted by atomic mass is 9.95. The summed E-state index contributed by atoms with van der Waals surface area (Å²) < 4.78 is 25.9. The summed E-state index contributed by atoms with van der Waals surface area (Å²) >= 11 is 6.59. The monoisotopic (exact) mass is 482 g/mol. The van der Waals surface area contributed by atoms with E-state index in [0.29, 0.717) is 38.0 Å². The Labute approximate surface area is 203 Å². The average Bonchev–Trinajstić information content (AvgIpc) is 3.37. The normalized spacial score (nSPS) is 24.3. The van der Waals surface area contributed by atoms with Gasteiger partial charge >= 0.3 is 6.01 Å². The van der Waals surface area contributed by atoms with Crippen molar-refractivity contribution in [2.75, 3.05) is 38.3 Å². The van der Waals surface area contributed by atoms with E-state index in [4.69, 9.17) is 26.1 Å². The van der Waals surface area contributed by atoms with Crippen LogP contribution in [0, 0.1) is 0 Å². The summed E-state index contributed by atoms with van der Waals surface area (Å²) in [5.74, 6) is 0.561. The molecule has 6 nitrogen and oxygen atoms in total. The molecule has 3 aliphatic heterocycles. The highest BCUT2D eigenvalue weighted by atomic mass is 35.5. The number of ether oxygens (including phenoxy) is 2. The summed E-state index contributed by atoms with van der Waals surface area (Å²) in [7, 11) is 1.63. The summed E-state index contributed by atoms with van der Waals surface area (Å²) in [6.45, 7) is 3.25. The zero-order valence-electron chi connectivity index (χ0n) is 19.3. The van der Waals surface area contributed by atoms with Crippen LogP contribution < -0.4 is 14.4 Å². The highest BCUT2D eigenvalue weighted by Gasteiger charge is 2.49. The maximum Gasteiger partial charge on any atom is 0.320 e. The number of nitrogens with zero attached hydrogens (tertiary/aromatic N) is 4. The molecule has 34 heavy (non-hydrogen) atoms. The van der Waals surface area contributed by atoms with E-state index >= 15 is 0 Å². The van der Waals surface area contributed by atoms with E-state index in [2.05, 4.69) is 39.0 Å². The fourth-order valence-corrected chi connectivity index (χ4v) is 6.28.